The maximum atomic E-state index is 12.6. The van der Waals surface area contributed by atoms with Gasteiger partial charge in [-0.1, -0.05) is 12.1 Å². The third kappa shape index (κ3) is 4.15. The zero-order valence-corrected chi connectivity index (χ0v) is 11.1. The predicted octanol–water partition coefficient (Wildman–Crippen LogP) is 3.48. The Balaban J connectivity index is 1.93. The van der Waals surface area contributed by atoms with Gasteiger partial charge in [-0.15, -0.1) is 0 Å². The maximum absolute atomic E-state index is 12.6. The van der Waals surface area contributed by atoms with Crippen molar-refractivity contribution < 1.29 is 18.0 Å². The van der Waals surface area contributed by atoms with Crippen LogP contribution in [0.4, 0.5) is 18.0 Å². The Morgan fingerprint density at radius 1 is 1.40 bits per heavy atom. The fourth-order valence-corrected chi connectivity index (χ4v) is 1.87. The van der Waals surface area contributed by atoms with E-state index in [1.165, 1.54) is 6.07 Å². The van der Waals surface area contributed by atoms with Crippen molar-refractivity contribution >= 4 is 6.03 Å². The molecule has 1 aromatic carbocycles. The summed E-state index contributed by atoms with van der Waals surface area (Å²) in [6.07, 6.45) is -2.11. The molecule has 0 heterocycles. The molecule has 1 aliphatic carbocycles. The molecular formula is C14H17F3N2O. The summed E-state index contributed by atoms with van der Waals surface area (Å²) in [4.78, 5) is 11.6. The van der Waals surface area contributed by atoms with E-state index in [1.54, 1.807) is 13.0 Å². The van der Waals surface area contributed by atoms with E-state index in [2.05, 4.69) is 10.6 Å². The number of nitrogens with one attached hydrogen (secondary N) is 2. The number of hydrogen-bond donors (Lipinski definition) is 2. The summed E-state index contributed by atoms with van der Waals surface area (Å²) in [5, 5.41) is 5.36. The van der Waals surface area contributed by atoms with Gasteiger partial charge in [-0.2, -0.15) is 13.2 Å². The molecule has 0 unspecified atom stereocenters. The van der Waals surface area contributed by atoms with E-state index >= 15 is 0 Å². The Morgan fingerprint density at radius 3 is 2.70 bits per heavy atom. The highest BCUT2D eigenvalue weighted by molar-refractivity contribution is 5.74. The smallest absolute Gasteiger partial charge is 0.338 e. The molecule has 2 rings (SSSR count). The number of carbonyl (C=O) groups excluding carboxylic acids is 1. The van der Waals surface area contributed by atoms with Gasteiger partial charge in [0.25, 0.3) is 0 Å². The van der Waals surface area contributed by atoms with Crippen LogP contribution in [0.2, 0.25) is 0 Å². The lowest BCUT2D eigenvalue weighted by molar-refractivity contribution is -0.137. The molecule has 20 heavy (non-hydrogen) atoms. The van der Waals surface area contributed by atoms with E-state index in [0.717, 1.165) is 25.0 Å². The van der Waals surface area contributed by atoms with Gasteiger partial charge in [0.1, 0.15) is 0 Å². The quantitative estimate of drug-likeness (QED) is 0.874. The van der Waals surface area contributed by atoms with Crippen molar-refractivity contribution in [1.82, 2.24) is 10.6 Å². The van der Waals surface area contributed by atoms with Crippen LogP contribution in [-0.4, -0.2) is 12.6 Å². The summed E-state index contributed by atoms with van der Waals surface area (Å²) in [7, 11) is 0. The van der Waals surface area contributed by atoms with Crippen LogP contribution in [0.3, 0.4) is 0 Å². The first-order valence-corrected chi connectivity index (χ1v) is 6.58. The number of rotatable bonds is 4. The highest BCUT2D eigenvalue weighted by Gasteiger charge is 2.30. The van der Waals surface area contributed by atoms with Crippen molar-refractivity contribution in [2.24, 2.45) is 5.92 Å². The molecule has 3 nitrogen and oxygen atoms in total. The summed E-state index contributed by atoms with van der Waals surface area (Å²) < 4.78 is 37.8. The molecule has 0 radical (unpaired) electrons. The minimum atomic E-state index is -4.37. The molecule has 1 aromatic rings. The molecule has 2 amide bonds. The van der Waals surface area contributed by atoms with Crippen LogP contribution in [0.1, 0.15) is 36.9 Å². The van der Waals surface area contributed by atoms with Crippen molar-refractivity contribution in [1.29, 1.82) is 0 Å². The Labute approximate surface area is 115 Å². The summed E-state index contributed by atoms with van der Waals surface area (Å²) >= 11 is 0. The summed E-state index contributed by atoms with van der Waals surface area (Å²) in [6, 6.07) is 4.17. The van der Waals surface area contributed by atoms with Gasteiger partial charge in [-0.05, 0) is 43.4 Å². The molecule has 0 aliphatic heterocycles. The summed E-state index contributed by atoms with van der Waals surface area (Å²) in [6.45, 7) is 2.29. The fourth-order valence-electron chi connectivity index (χ4n) is 1.87. The molecule has 0 spiro atoms. The molecule has 1 saturated carbocycles. The van der Waals surface area contributed by atoms with Crippen molar-refractivity contribution in [2.75, 3.05) is 6.54 Å². The van der Waals surface area contributed by atoms with Crippen LogP contribution in [0.5, 0.6) is 0 Å². The Bertz CT molecular complexity index is 484. The van der Waals surface area contributed by atoms with Crippen molar-refractivity contribution in [3.05, 3.63) is 35.4 Å². The monoisotopic (exact) mass is 286 g/mol. The first-order chi connectivity index (χ1) is 9.36. The van der Waals surface area contributed by atoms with Crippen LogP contribution < -0.4 is 10.6 Å². The molecule has 0 saturated heterocycles. The van der Waals surface area contributed by atoms with E-state index < -0.39 is 17.8 Å². The van der Waals surface area contributed by atoms with E-state index in [0.29, 0.717) is 18.0 Å². The third-order valence-corrected chi connectivity index (χ3v) is 3.31. The number of hydrogen-bond acceptors (Lipinski definition) is 1. The molecule has 1 aliphatic rings. The maximum Gasteiger partial charge on any atom is 0.416 e. The van der Waals surface area contributed by atoms with Crippen LogP contribution in [0, 0.1) is 5.92 Å². The molecule has 0 aromatic heterocycles. The Hall–Kier alpha value is -1.72. The lowest BCUT2D eigenvalue weighted by atomic mass is 10.1. The van der Waals surface area contributed by atoms with Gasteiger partial charge < -0.3 is 10.6 Å². The lowest BCUT2D eigenvalue weighted by Gasteiger charge is -2.16. The number of urea groups is 1. The molecular weight excluding hydrogens is 269 g/mol. The van der Waals surface area contributed by atoms with E-state index in [1.807, 2.05) is 0 Å². The first-order valence-electron chi connectivity index (χ1n) is 6.58. The minimum absolute atomic E-state index is 0.346. The molecule has 110 valence electrons. The van der Waals surface area contributed by atoms with Crippen molar-refractivity contribution in [2.45, 2.75) is 32.0 Å². The topological polar surface area (TPSA) is 41.1 Å². The van der Waals surface area contributed by atoms with Gasteiger partial charge in [0.05, 0.1) is 11.6 Å². The highest BCUT2D eigenvalue weighted by Crippen LogP contribution is 2.30. The Morgan fingerprint density at radius 2 is 2.10 bits per heavy atom. The number of alkyl halides is 3. The number of carbonyl (C=O) groups is 1. The second-order valence-corrected chi connectivity index (χ2v) is 5.14. The summed E-state index contributed by atoms with van der Waals surface area (Å²) in [5.41, 5.74) is -0.275. The second kappa shape index (κ2) is 5.73. The minimum Gasteiger partial charge on any atom is -0.338 e. The van der Waals surface area contributed by atoms with Crippen molar-refractivity contribution in [3.63, 3.8) is 0 Å². The molecule has 1 atom stereocenters. The largest absolute Gasteiger partial charge is 0.416 e. The fraction of sp³-hybridized carbons (Fsp3) is 0.500. The normalized spacial score (nSPS) is 16.6. The van der Waals surface area contributed by atoms with E-state index in [9.17, 15) is 18.0 Å². The van der Waals surface area contributed by atoms with Crippen molar-refractivity contribution in [3.8, 4) is 0 Å². The van der Waals surface area contributed by atoms with Crippen LogP contribution in [-0.2, 0) is 6.18 Å². The highest BCUT2D eigenvalue weighted by atomic mass is 19.4. The average molecular weight is 286 g/mol. The molecule has 1 fully saturated rings. The zero-order chi connectivity index (χ0) is 14.8. The average Bonchev–Trinajstić information content (AvgIpc) is 3.19. The lowest BCUT2D eigenvalue weighted by Crippen LogP contribution is -2.38. The third-order valence-electron chi connectivity index (χ3n) is 3.31. The number of halogens is 3. The zero-order valence-electron chi connectivity index (χ0n) is 11.1. The SMILES string of the molecule is C[C@@H](NC(=O)NCC1CC1)c1cccc(C(F)(F)F)c1. The number of amides is 2. The molecule has 2 N–H and O–H groups in total. The van der Waals surface area contributed by atoms with Gasteiger partial charge in [-0.3, -0.25) is 0 Å². The van der Waals surface area contributed by atoms with Gasteiger partial charge in [0.15, 0.2) is 0 Å². The molecule has 0 bridgehead atoms. The first kappa shape index (κ1) is 14.7. The van der Waals surface area contributed by atoms with E-state index in [-0.39, 0.29) is 6.03 Å². The van der Waals surface area contributed by atoms with Crippen LogP contribution >= 0.6 is 0 Å². The Kier molecular flexibility index (Phi) is 4.20. The number of benzene rings is 1. The van der Waals surface area contributed by atoms with Crippen LogP contribution in [0.25, 0.3) is 0 Å². The van der Waals surface area contributed by atoms with E-state index in [4.69, 9.17) is 0 Å². The van der Waals surface area contributed by atoms with Gasteiger partial charge in [0.2, 0.25) is 0 Å². The predicted molar refractivity (Wildman–Crippen MR) is 69.1 cm³/mol. The van der Waals surface area contributed by atoms with Gasteiger partial charge in [0, 0.05) is 6.54 Å². The van der Waals surface area contributed by atoms with Crippen LogP contribution in [0.15, 0.2) is 24.3 Å². The van der Waals surface area contributed by atoms with Gasteiger partial charge in [-0.25, -0.2) is 4.79 Å². The van der Waals surface area contributed by atoms with Gasteiger partial charge >= 0.3 is 12.2 Å². The standard InChI is InChI=1S/C14H17F3N2O/c1-9(19-13(20)18-8-10-5-6-10)11-3-2-4-12(7-11)14(15,16)17/h2-4,7,9-10H,5-6,8H2,1H3,(H2,18,19,20)/t9-/m1/s1. The molecule has 6 heteroatoms. The second-order valence-electron chi connectivity index (χ2n) is 5.14. The summed E-state index contributed by atoms with van der Waals surface area (Å²) in [5.74, 6) is 0.560.